The number of rotatable bonds is 2. The van der Waals surface area contributed by atoms with E-state index in [4.69, 9.17) is 0 Å². The van der Waals surface area contributed by atoms with Gasteiger partial charge in [0.2, 0.25) is 0 Å². The molecule has 0 aliphatic rings. The van der Waals surface area contributed by atoms with Gasteiger partial charge in [-0.05, 0) is 59.1 Å². The van der Waals surface area contributed by atoms with Crippen LogP contribution in [-0.2, 0) is 0 Å². The number of nitrogens with one attached hydrogen (secondary N) is 1. The van der Waals surface area contributed by atoms with Gasteiger partial charge in [0.25, 0.3) is 5.91 Å². The van der Waals surface area contributed by atoms with Gasteiger partial charge in [0, 0.05) is 4.47 Å². The van der Waals surface area contributed by atoms with Gasteiger partial charge < -0.3 is 0 Å². The van der Waals surface area contributed by atoms with Crippen LogP contribution in [0.2, 0.25) is 0 Å². The molecule has 0 spiro atoms. The Balaban J connectivity index is 1.94. The summed E-state index contributed by atoms with van der Waals surface area (Å²) in [6.45, 7) is 4.11. The van der Waals surface area contributed by atoms with Crippen LogP contribution in [0.4, 0.5) is 5.13 Å². The van der Waals surface area contributed by atoms with Crippen molar-refractivity contribution in [1.82, 2.24) is 4.98 Å². The third kappa shape index (κ3) is 2.84. The first-order valence-electron chi connectivity index (χ1n) is 6.48. The summed E-state index contributed by atoms with van der Waals surface area (Å²) in [5, 5.41) is 3.50. The molecule has 3 rings (SSSR count). The molecular weight excluding hydrogens is 348 g/mol. The zero-order valence-electron chi connectivity index (χ0n) is 11.6. The molecule has 21 heavy (non-hydrogen) atoms. The molecule has 0 aliphatic carbocycles. The van der Waals surface area contributed by atoms with Crippen LogP contribution in [0.3, 0.4) is 0 Å². The number of aryl methyl sites for hydroxylation is 2. The van der Waals surface area contributed by atoms with Crippen LogP contribution in [0.15, 0.2) is 40.9 Å². The lowest BCUT2D eigenvalue weighted by Gasteiger charge is -2.03. The van der Waals surface area contributed by atoms with E-state index in [0.29, 0.717) is 10.7 Å². The highest BCUT2D eigenvalue weighted by Gasteiger charge is 2.13. The number of hydrogen-bond acceptors (Lipinski definition) is 3. The number of halogens is 1. The van der Waals surface area contributed by atoms with Crippen molar-refractivity contribution >= 4 is 48.5 Å². The number of amides is 1. The summed E-state index contributed by atoms with van der Waals surface area (Å²) in [6, 6.07) is 11.5. The zero-order chi connectivity index (χ0) is 15.0. The van der Waals surface area contributed by atoms with E-state index < -0.39 is 0 Å². The minimum absolute atomic E-state index is 0.157. The zero-order valence-corrected chi connectivity index (χ0v) is 14.0. The standard InChI is InChI=1S/C16H13BrN2OS/c1-9-7-10(2)14-13(8-9)18-16(21-14)19-15(20)11-5-3-4-6-12(11)17/h3-8H,1-2H3,(H,18,19,20). The van der Waals surface area contributed by atoms with Gasteiger partial charge in [0.05, 0.1) is 15.8 Å². The van der Waals surface area contributed by atoms with Crippen molar-refractivity contribution in [3.8, 4) is 0 Å². The minimum Gasteiger partial charge on any atom is -0.298 e. The predicted octanol–water partition coefficient (Wildman–Crippen LogP) is 4.93. The number of anilines is 1. The largest absolute Gasteiger partial charge is 0.298 e. The van der Waals surface area contributed by atoms with Crippen LogP contribution in [0.25, 0.3) is 10.2 Å². The summed E-state index contributed by atoms with van der Waals surface area (Å²) in [7, 11) is 0. The molecule has 1 aromatic heterocycles. The summed E-state index contributed by atoms with van der Waals surface area (Å²) >= 11 is 4.89. The Morgan fingerprint density at radius 1 is 1.24 bits per heavy atom. The summed E-state index contributed by atoms with van der Waals surface area (Å²) in [6.07, 6.45) is 0. The number of carbonyl (C=O) groups excluding carboxylic acids is 1. The number of benzene rings is 2. The Bertz CT molecular complexity index is 841. The number of hydrogen-bond donors (Lipinski definition) is 1. The molecule has 0 fully saturated rings. The van der Waals surface area contributed by atoms with Crippen LogP contribution in [0, 0.1) is 13.8 Å². The fourth-order valence-corrected chi connectivity index (χ4v) is 3.61. The molecule has 5 heteroatoms. The van der Waals surface area contributed by atoms with E-state index in [1.807, 2.05) is 31.2 Å². The molecule has 0 saturated carbocycles. The van der Waals surface area contributed by atoms with Gasteiger partial charge in [-0.15, -0.1) is 0 Å². The quantitative estimate of drug-likeness (QED) is 0.703. The van der Waals surface area contributed by atoms with E-state index in [0.717, 1.165) is 14.7 Å². The van der Waals surface area contributed by atoms with Crippen molar-refractivity contribution in [1.29, 1.82) is 0 Å². The number of nitrogens with zero attached hydrogens (tertiary/aromatic N) is 1. The lowest BCUT2D eigenvalue weighted by atomic mass is 10.1. The van der Waals surface area contributed by atoms with Gasteiger partial charge in [-0.1, -0.05) is 29.5 Å². The fourth-order valence-electron chi connectivity index (χ4n) is 2.24. The van der Waals surface area contributed by atoms with Crippen molar-refractivity contribution in [3.05, 3.63) is 57.6 Å². The molecule has 0 aliphatic heterocycles. The normalized spacial score (nSPS) is 10.8. The van der Waals surface area contributed by atoms with E-state index >= 15 is 0 Å². The van der Waals surface area contributed by atoms with Gasteiger partial charge in [0.1, 0.15) is 0 Å². The molecular formula is C16H13BrN2OS. The second-order valence-electron chi connectivity index (χ2n) is 4.88. The first-order chi connectivity index (χ1) is 10.0. The van der Waals surface area contributed by atoms with Crippen molar-refractivity contribution in [2.75, 3.05) is 5.32 Å². The smallest absolute Gasteiger partial charge is 0.258 e. The lowest BCUT2D eigenvalue weighted by Crippen LogP contribution is -2.12. The number of carbonyl (C=O) groups is 1. The van der Waals surface area contributed by atoms with Crippen LogP contribution in [0.1, 0.15) is 21.5 Å². The maximum atomic E-state index is 12.3. The molecule has 106 valence electrons. The Hall–Kier alpha value is -1.72. The second-order valence-corrected chi connectivity index (χ2v) is 6.74. The molecule has 0 bridgehead atoms. The molecule has 2 aromatic carbocycles. The first-order valence-corrected chi connectivity index (χ1v) is 8.09. The van der Waals surface area contributed by atoms with Crippen molar-refractivity contribution < 1.29 is 4.79 Å². The summed E-state index contributed by atoms with van der Waals surface area (Å²) in [5.74, 6) is -0.157. The number of fused-ring (bicyclic) bond motifs is 1. The Morgan fingerprint density at radius 3 is 2.76 bits per heavy atom. The van der Waals surface area contributed by atoms with Gasteiger partial charge >= 0.3 is 0 Å². The van der Waals surface area contributed by atoms with Crippen LogP contribution < -0.4 is 5.32 Å². The average molecular weight is 361 g/mol. The van der Waals surface area contributed by atoms with E-state index in [2.05, 4.69) is 39.2 Å². The first kappa shape index (κ1) is 14.2. The van der Waals surface area contributed by atoms with Crippen LogP contribution in [-0.4, -0.2) is 10.9 Å². The highest BCUT2D eigenvalue weighted by Crippen LogP contribution is 2.30. The van der Waals surface area contributed by atoms with Crippen molar-refractivity contribution in [3.63, 3.8) is 0 Å². The highest BCUT2D eigenvalue weighted by molar-refractivity contribution is 9.10. The Kier molecular flexibility index (Phi) is 3.78. The van der Waals surface area contributed by atoms with Gasteiger partial charge in [-0.2, -0.15) is 0 Å². The molecule has 0 radical (unpaired) electrons. The maximum absolute atomic E-state index is 12.3. The predicted molar refractivity (Wildman–Crippen MR) is 91.2 cm³/mol. The average Bonchev–Trinajstić information content (AvgIpc) is 2.81. The molecule has 1 N–H and O–H groups in total. The van der Waals surface area contributed by atoms with E-state index in [1.54, 1.807) is 6.07 Å². The molecule has 3 nitrogen and oxygen atoms in total. The van der Waals surface area contributed by atoms with E-state index in [9.17, 15) is 4.79 Å². The van der Waals surface area contributed by atoms with Crippen molar-refractivity contribution in [2.45, 2.75) is 13.8 Å². The molecule has 0 unspecified atom stereocenters. The minimum atomic E-state index is -0.157. The fraction of sp³-hybridized carbons (Fsp3) is 0.125. The molecule has 0 saturated heterocycles. The molecule has 1 amide bonds. The lowest BCUT2D eigenvalue weighted by molar-refractivity contribution is 0.102. The molecule has 3 aromatic rings. The third-order valence-electron chi connectivity index (χ3n) is 3.16. The Labute approximate surface area is 135 Å². The number of thiazole rings is 1. The van der Waals surface area contributed by atoms with Gasteiger partial charge in [-0.3, -0.25) is 10.1 Å². The monoisotopic (exact) mass is 360 g/mol. The SMILES string of the molecule is Cc1cc(C)c2sc(NC(=O)c3ccccc3Br)nc2c1. The third-order valence-corrected chi connectivity index (χ3v) is 4.97. The highest BCUT2D eigenvalue weighted by atomic mass is 79.9. The van der Waals surface area contributed by atoms with E-state index in [1.165, 1.54) is 22.5 Å². The summed E-state index contributed by atoms with van der Waals surface area (Å²) < 4.78 is 1.89. The Morgan fingerprint density at radius 2 is 2.00 bits per heavy atom. The van der Waals surface area contributed by atoms with Crippen LogP contribution in [0.5, 0.6) is 0 Å². The van der Waals surface area contributed by atoms with Crippen LogP contribution >= 0.6 is 27.3 Å². The van der Waals surface area contributed by atoms with E-state index in [-0.39, 0.29) is 5.91 Å². The van der Waals surface area contributed by atoms with Gasteiger partial charge in [-0.25, -0.2) is 4.98 Å². The number of aromatic nitrogens is 1. The topological polar surface area (TPSA) is 42.0 Å². The molecule has 0 atom stereocenters. The molecule has 1 heterocycles. The van der Waals surface area contributed by atoms with Crippen molar-refractivity contribution in [2.24, 2.45) is 0 Å². The summed E-state index contributed by atoms with van der Waals surface area (Å²) in [4.78, 5) is 16.8. The van der Waals surface area contributed by atoms with Gasteiger partial charge in [0.15, 0.2) is 5.13 Å². The maximum Gasteiger partial charge on any atom is 0.258 e. The second kappa shape index (κ2) is 5.58. The summed E-state index contributed by atoms with van der Waals surface area (Å²) in [5.41, 5.74) is 3.89.